The van der Waals surface area contributed by atoms with Gasteiger partial charge in [0.1, 0.15) is 0 Å². The molecule has 6 heteroatoms. The number of carbonyl (C=O) groups is 2. The highest BCUT2D eigenvalue weighted by Gasteiger charge is 2.22. The lowest BCUT2D eigenvalue weighted by Gasteiger charge is -2.08. The van der Waals surface area contributed by atoms with Crippen molar-refractivity contribution in [3.8, 4) is 11.3 Å². The summed E-state index contributed by atoms with van der Waals surface area (Å²) < 4.78 is 9.94. The fraction of sp³-hybridized carbons (Fsp3) is 0.267. The van der Waals surface area contributed by atoms with Gasteiger partial charge in [0.05, 0.1) is 12.7 Å². The Labute approximate surface area is 122 Å². The van der Waals surface area contributed by atoms with Gasteiger partial charge in [-0.3, -0.25) is 4.79 Å². The first-order valence-electron chi connectivity index (χ1n) is 6.58. The van der Waals surface area contributed by atoms with Crippen molar-refractivity contribution >= 4 is 11.9 Å². The second-order valence-electron chi connectivity index (χ2n) is 4.32. The molecule has 0 spiro atoms. The molecule has 0 saturated carbocycles. The zero-order chi connectivity index (χ0) is 15.2. The number of hydrogen-bond donors (Lipinski definition) is 1. The van der Waals surface area contributed by atoms with E-state index < -0.39 is 5.97 Å². The first-order valence-corrected chi connectivity index (χ1v) is 6.58. The molecular formula is C15H16N2O4. The summed E-state index contributed by atoms with van der Waals surface area (Å²) in [4.78, 5) is 27.7. The Kier molecular flexibility index (Phi) is 4.71. The van der Waals surface area contributed by atoms with Gasteiger partial charge >= 0.3 is 5.97 Å². The van der Waals surface area contributed by atoms with Crippen LogP contribution in [-0.4, -0.2) is 30.5 Å². The number of rotatable bonds is 5. The molecule has 1 amide bonds. The summed E-state index contributed by atoms with van der Waals surface area (Å²) in [5.74, 6) is -0.605. The number of ether oxygens (including phenoxy) is 1. The van der Waals surface area contributed by atoms with Crippen molar-refractivity contribution in [1.29, 1.82) is 0 Å². The normalized spacial score (nSPS) is 10.2. The van der Waals surface area contributed by atoms with E-state index in [-0.39, 0.29) is 17.4 Å². The van der Waals surface area contributed by atoms with E-state index in [1.165, 1.54) is 7.11 Å². The molecule has 110 valence electrons. The Morgan fingerprint density at radius 2 is 2.10 bits per heavy atom. The van der Waals surface area contributed by atoms with E-state index in [0.717, 1.165) is 12.8 Å². The molecule has 0 radical (unpaired) electrons. The molecule has 2 rings (SSSR count). The summed E-state index contributed by atoms with van der Waals surface area (Å²) in [6.07, 6.45) is 1.99. The molecule has 6 nitrogen and oxygen atoms in total. The lowest BCUT2D eigenvalue weighted by molar-refractivity contribution is 0.0595. The number of esters is 1. The Morgan fingerprint density at radius 3 is 2.81 bits per heavy atom. The molecule has 0 atom stereocenters. The summed E-state index contributed by atoms with van der Waals surface area (Å²) in [5, 5.41) is 2.80. The standard InChI is InChI=1S/C15H16N2O4/c1-3-8-16-14(18)11-7-5-4-6-10(11)13-12(15(19)20-2)17-9-21-13/h4-7,9H,3,8H2,1-2H3,(H,16,18). The van der Waals surface area contributed by atoms with Gasteiger partial charge in [-0.05, 0) is 12.5 Å². The van der Waals surface area contributed by atoms with Crippen LogP contribution in [0.2, 0.25) is 0 Å². The van der Waals surface area contributed by atoms with Gasteiger partial charge in [0, 0.05) is 12.1 Å². The second kappa shape index (κ2) is 6.69. The molecular weight excluding hydrogens is 272 g/mol. The number of benzene rings is 1. The third-order valence-electron chi connectivity index (χ3n) is 2.90. The van der Waals surface area contributed by atoms with Crippen LogP contribution in [0.3, 0.4) is 0 Å². The number of nitrogens with one attached hydrogen (secondary N) is 1. The smallest absolute Gasteiger partial charge is 0.360 e. The largest absolute Gasteiger partial charge is 0.464 e. The lowest BCUT2D eigenvalue weighted by atomic mass is 10.0. The molecule has 0 aliphatic carbocycles. The van der Waals surface area contributed by atoms with Crippen molar-refractivity contribution < 1.29 is 18.7 Å². The topological polar surface area (TPSA) is 81.4 Å². The van der Waals surface area contributed by atoms with Gasteiger partial charge in [0.15, 0.2) is 17.8 Å². The fourth-order valence-electron chi connectivity index (χ4n) is 1.89. The Morgan fingerprint density at radius 1 is 1.33 bits per heavy atom. The van der Waals surface area contributed by atoms with Gasteiger partial charge in [-0.1, -0.05) is 25.1 Å². The van der Waals surface area contributed by atoms with E-state index in [1.807, 2.05) is 6.92 Å². The third kappa shape index (κ3) is 3.10. The number of nitrogens with zero attached hydrogens (tertiary/aromatic N) is 1. The summed E-state index contributed by atoms with van der Waals surface area (Å²) in [6.45, 7) is 2.55. The predicted octanol–water partition coefficient (Wildman–Crippen LogP) is 2.27. The Hall–Kier alpha value is -2.63. The molecule has 1 N–H and O–H groups in total. The van der Waals surface area contributed by atoms with Crippen LogP contribution in [0.5, 0.6) is 0 Å². The number of oxazole rings is 1. The first kappa shape index (κ1) is 14.8. The first-order chi connectivity index (χ1) is 10.2. The van der Waals surface area contributed by atoms with Crippen LogP contribution in [0, 0.1) is 0 Å². The number of amides is 1. The van der Waals surface area contributed by atoms with Gasteiger partial charge < -0.3 is 14.5 Å². The van der Waals surface area contributed by atoms with Crippen molar-refractivity contribution in [2.45, 2.75) is 13.3 Å². The minimum atomic E-state index is -0.609. The molecule has 0 bridgehead atoms. The van der Waals surface area contributed by atoms with Crippen LogP contribution < -0.4 is 5.32 Å². The van der Waals surface area contributed by atoms with E-state index in [9.17, 15) is 9.59 Å². The van der Waals surface area contributed by atoms with Crippen molar-refractivity contribution in [3.05, 3.63) is 41.9 Å². The third-order valence-corrected chi connectivity index (χ3v) is 2.90. The van der Waals surface area contributed by atoms with Gasteiger partial charge in [0.2, 0.25) is 0 Å². The van der Waals surface area contributed by atoms with Crippen LogP contribution in [0.1, 0.15) is 34.2 Å². The summed E-state index contributed by atoms with van der Waals surface area (Å²) in [5.41, 5.74) is 0.977. The zero-order valence-electron chi connectivity index (χ0n) is 11.9. The van der Waals surface area contributed by atoms with Gasteiger partial charge in [-0.15, -0.1) is 0 Å². The molecule has 0 aliphatic heterocycles. The van der Waals surface area contributed by atoms with Crippen LogP contribution >= 0.6 is 0 Å². The van der Waals surface area contributed by atoms with Gasteiger partial charge in [-0.2, -0.15) is 0 Å². The Bertz CT molecular complexity index is 649. The minimum Gasteiger partial charge on any atom is -0.464 e. The molecule has 1 aromatic heterocycles. The number of carbonyl (C=O) groups excluding carboxylic acids is 2. The number of methoxy groups -OCH3 is 1. The molecule has 1 aromatic carbocycles. The second-order valence-corrected chi connectivity index (χ2v) is 4.32. The van der Waals surface area contributed by atoms with Crippen molar-refractivity contribution in [2.75, 3.05) is 13.7 Å². The average molecular weight is 288 g/mol. The molecule has 0 aliphatic rings. The summed E-state index contributed by atoms with van der Waals surface area (Å²) >= 11 is 0. The summed E-state index contributed by atoms with van der Waals surface area (Å²) in [6, 6.07) is 6.88. The Balaban J connectivity index is 2.43. The van der Waals surface area contributed by atoms with E-state index in [4.69, 9.17) is 4.42 Å². The minimum absolute atomic E-state index is 0.0493. The molecule has 0 saturated heterocycles. The predicted molar refractivity (Wildman–Crippen MR) is 75.9 cm³/mol. The maximum Gasteiger partial charge on any atom is 0.360 e. The number of hydrogen-bond acceptors (Lipinski definition) is 5. The van der Waals surface area contributed by atoms with Crippen molar-refractivity contribution in [2.24, 2.45) is 0 Å². The van der Waals surface area contributed by atoms with E-state index in [1.54, 1.807) is 24.3 Å². The SMILES string of the molecule is CCCNC(=O)c1ccccc1-c1ocnc1C(=O)OC. The maximum absolute atomic E-state index is 12.2. The molecule has 0 fully saturated rings. The fourth-order valence-corrected chi connectivity index (χ4v) is 1.89. The van der Waals surface area contributed by atoms with E-state index in [0.29, 0.717) is 17.7 Å². The maximum atomic E-state index is 12.2. The van der Waals surface area contributed by atoms with Crippen LogP contribution in [-0.2, 0) is 4.74 Å². The van der Waals surface area contributed by atoms with Crippen LogP contribution in [0.25, 0.3) is 11.3 Å². The van der Waals surface area contributed by atoms with Crippen molar-refractivity contribution in [3.63, 3.8) is 0 Å². The highest BCUT2D eigenvalue weighted by atomic mass is 16.5. The highest BCUT2D eigenvalue weighted by Crippen LogP contribution is 2.27. The monoisotopic (exact) mass is 288 g/mol. The van der Waals surface area contributed by atoms with E-state index in [2.05, 4.69) is 15.0 Å². The van der Waals surface area contributed by atoms with Crippen molar-refractivity contribution in [1.82, 2.24) is 10.3 Å². The van der Waals surface area contributed by atoms with Crippen LogP contribution in [0.15, 0.2) is 35.1 Å². The lowest BCUT2D eigenvalue weighted by Crippen LogP contribution is -2.24. The van der Waals surface area contributed by atoms with Gasteiger partial charge in [0.25, 0.3) is 5.91 Å². The molecule has 2 aromatic rings. The summed E-state index contributed by atoms with van der Waals surface area (Å²) in [7, 11) is 1.26. The van der Waals surface area contributed by atoms with Crippen LogP contribution in [0.4, 0.5) is 0 Å². The molecule has 1 heterocycles. The van der Waals surface area contributed by atoms with E-state index >= 15 is 0 Å². The zero-order valence-corrected chi connectivity index (χ0v) is 11.9. The molecule has 21 heavy (non-hydrogen) atoms. The number of aromatic nitrogens is 1. The highest BCUT2D eigenvalue weighted by molar-refractivity contribution is 6.03. The quantitative estimate of drug-likeness (QED) is 0.853. The average Bonchev–Trinajstić information content (AvgIpc) is 3.01. The molecule has 0 unspecified atom stereocenters. The van der Waals surface area contributed by atoms with Gasteiger partial charge in [-0.25, -0.2) is 9.78 Å².